The maximum Gasteiger partial charge on any atom is 0.248 e. The van der Waals surface area contributed by atoms with Crippen LogP contribution in [0.3, 0.4) is 0 Å². The molecule has 0 unspecified atom stereocenters. The third-order valence-corrected chi connectivity index (χ3v) is 8.09. The zero-order valence-corrected chi connectivity index (χ0v) is 19.8. The topological polar surface area (TPSA) is 138 Å². The normalized spacial score (nSPS) is 23.5. The van der Waals surface area contributed by atoms with Crippen LogP contribution in [-0.2, 0) is 4.79 Å². The van der Waals surface area contributed by atoms with E-state index >= 15 is 0 Å². The highest BCUT2D eigenvalue weighted by atomic mass is 16.3. The van der Waals surface area contributed by atoms with Gasteiger partial charge in [0.2, 0.25) is 5.91 Å². The van der Waals surface area contributed by atoms with Gasteiger partial charge in [-0.1, -0.05) is 6.07 Å². The predicted octanol–water partition coefficient (Wildman–Crippen LogP) is 2.87. The number of imidazole rings is 1. The number of nitrogens with two attached hydrogens (primary N) is 1. The number of carbonyl (C=O) groups excluding carboxylic acids is 1. The minimum atomic E-state index is -0.423. The second-order valence-corrected chi connectivity index (χ2v) is 10.2. The summed E-state index contributed by atoms with van der Waals surface area (Å²) < 4.78 is 1.77. The Morgan fingerprint density at radius 3 is 2.53 bits per heavy atom. The number of carbonyl (C=O) groups is 1. The highest BCUT2D eigenvalue weighted by Crippen LogP contribution is 2.50. The van der Waals surface area contributed by atoms with Gasteiger partial charge < -0.3 is 20.7 Å². The molecule has 0 aromatic carbocycles. The van der Waals surface area contributed by atoms with Gasteiger partial charge in [0, 0.05) is 53.3 Å². The summed E-state index contributed by atoms with van der Waals surface area (Å²) in [5.74, 6) is 1.89. The third-order valence-electron chi connectivity index (χ3n) is 8.09. The monoisotopic (exact) mass is 484 g/mol. The minimum absolute atomic E-state index is 0.155. The summed E-state index contributed by atoms with van der Waals surface area (Å²) in [6.45, 7) is -0.423. The molecule has 10 heteroatoms. The Labute approximate surface area is 207 Å². The Morgan fingerprint density at radius 2 is 1.89 bits per heavy atom. The Bertz CT molecular complexity index is 1430. The second kappa shape index (κ2) is 8.12. The van der Waals surface area contributed by atoms with E-state index in [1.807, 2.05) is 29.4 Å². The van der Waals surface area contributed by atoms with Gasteiger partial charge >= 0.3 is 0 Å². The van der Waals surface area contributed by atoms with Gasteiger partial charge in [0.25, 0.3) is 0 Å². The number of aromatic amines is 1. The van der Waals surface area contributed by atoms with Crippen molar-refractivity contribution >= 4 is 17.4 Å². The minimum Gasteiger partial charge on any atom is -0.387 e. The highest BCUT2D eigenvalue weighted by Gasteiger charge is 2.45. The first-order valence-electron chi connectivity index (χ1n) is 12.7. The second-order valence-electron chi connectivity index (χ2n) is 10.2. The zero-order valence-electron chi connectivity index (χ0n) is 19.8. The molecule has 4 N–H and O–H groups in total. The standard InChI is InChI=1S/C26H28N8O2/c27-24-22(14-1-2-14)23(16-9-17-4-5-18(10-16)33(17)21(36)13-35)32-26-19(12-31-34(24)26)15-3-6-20(30-11-15)25-28-7-8-29-25/h3,6-8,11-12,14,16-18,35H,1-2,4-5,9-10,13,27H2,(H,28,29)/t17-,18-/m1/s1. The van der Waals surface area contributed by atoms with Crippen LogP contribution in [0.5, 0.6) is 0 Å². The molecule has 2 saturated heterocycles. The average Bonchev–Trinajstić information content (AvgIpc) is 3.29. The third kappa shape index (κ3) is 3.31. The van der Waals surface area contributed by atoms with Crippen LogP contribution in [0.1, 0.15) is 61.6 Å². The van der Waals surface area contributed by atoms with Gasteiger partial charge in [-0.15, -0.1) is 0 Å². The first-order chi connectivity index (χ1) is 17.6. The van der Waals surface area contributed by atoms with Gasteiger partial charge in [0.05, 0.1) is 11.9 Å². The summed E-state index contributed by atoms with van der Waals surface area (Å²) >= 11 is 0. The summed E-state index contributed by atoms with van der Waals surface area (Å²) in [6.07, 6.45) is 13.0. The van der Waals surface area contributed by atoms with E-state index in [4.69, 9.17) is 10.7 Å². The predicted molar refractivity (Wildman–Crippen MR) is 133 cm³/mol. The molecule has 0 spiro atoms. The van der Waals surface area contributed by atoms with Crippen molar-refractivity contribution in [1.29, 1.82) is 0 Å². The van der Waals surface area contributed by atoms with Crippen molar-refractivity contribution in [1.82, 2.24) is 34.4 Å². The van der Waals surface area contributed by atoms with Crippen LogP contribution in [0.25, 0.3) is 28.3 Å². The van der Waals surface area contributed by atoms with E-state index in [1.165, 1.54) is 0 Å². The smallest absolute Gasteiger partial charge is 0.248 e. The van der Waals surface area contributed by atoms with Crippen molar-refractivity contribution in [2.75, 3.05) is 12.3 Å². The lowest BCUT2D eigenvalue weighted by atomic mass is 9.85. The summed E-state index contributed by atoms with van der Waals surface area (Å²) in [6, 6.07) is 4.25. The Balaban J connectivity index is 1.29. The molecule has 0 radical (unpaired) electrons. The first-order valence-corrected chi connectivity index (χ1v) is 12.7. The number of hydrogen-bond acceptors (Lipinski definition) is 7. The first kappa shape index (κ1) is 21.5. The number of nitrogens with zero attached hydrogens (tertiary/aromatic N) is 6. The lowest BCUT2D eigenvalue weighted by molar-refractivity contribution is -0.138. The molecule has 36 heavy (non-hydrogen) atoms. The molecule has 4 aromatic heterocycles. The van der Waals surface area contributed by atoms with E-state index in [-0.39, 0.29) is 23.9 Å². The number of rotatable bonds is 5. The van der Waals surface area contributed by atoms with Gasteiger partial charge in [-0.25, -0.2) is 9.97 Å². The lowest BCUT2D eigenvalue weighted by Gasteiger charge is -2.39. The number of nitrogen functional groups attached to an aromatic ring is 1. The van der Waals surface area contributed by atoms with Crippen molar-refractivity contribution in [2.24, 2.45) is 0 Å². The van der Waals surface area contributed by atoms with Crippen LogP contribution in [-0.4, -0.2) is 64.2 Å². The van der Waals surface area contributed by atoms with Crippen LogP contribution in [0, 0.1) is 0 Å². The Morgan fingerprint density at radius 1 is 1.08 bits per heavy atom. The maximum atomic E-state index is 12.4. The van der Waals surface area contributed by atoms with E-state index in [0.717, 1.165) is 78.1 Å². The van der Waals surface area contributed by atoms with Gasteiger partial charge in [-0.05, 0) is 50.5 Å². The maximum absolute atomic E-state index is 12.4. The summed E-state index contributed by atoms with van der Waals surface area (Å²) in [7, 11) is 0. The van der Waals surface area contributed by atoms with Crippen LogP contribution in [0.4, 0.5) is 5.82 Å². The highest BCUT2D eigenvalue weighted by molar-refractivity contribution is 5.80. The van der Waals surface area contributed by atoms with Gasteiger partial charge in [0.15, 0.2) is 11.5 Å². The van der Waals surface area contributed by atoms with Crippen LogP contribution < -0.4 is 5.73 Å². The molecule has 4 aromatic rings. The van der Waals surface area contributed by atoms with Crippen LogP contribution in [0.15, 0.2) is 36.9 Å². The molecule has 1 saturated carbocycles. The van der Waals surface area contributed by atoms with E-state index in [2.05, 4.69) is 20.1 Å². The molecule has 184 valence electrons. The summed E-state index contributed by atoms with van der Waals surface area (Å²) in [5.41, 5.74) is 12.3. The van der Waals surface area contributed by atoms with Crippen molar-refractivity contribution in [2.45, 2.75) is 62.4 Å². The molecule has 6 heterocycles. The van der Waals surface area contributed by atoms with Crippen molar-refractivity contribution < 1.29 is 9.90 Å². The van der Waals surface area contributed by atoms with E-state index in [9.17, 15) is 9.90 Å². The molecule has 2 bridgehead atoms. The van der Waals surface area contributed by atoms with Gasteiger partial charge in [-0.2, -0.15) is 9.61 Å². The number of amides is 1. The number of piperidine rings is 1. The van der Waals surface area contributed by atoms with Crippen LogP contribution in [0.2, 0.25) is 0 Å². The average molecular weight is 485 g/mol. The molecule has 7 rings (SSSR count). The number of H-pyrrole nitrogens is 1. The molecule has 1 amide bonds. The van der Waals surface area contributed by atoms with Gasteiger partial charge in [0.1, 0.15) is 18.1 Å². The fraction of sp³-hybridized carbons (Fsp3) is 0.423. The molecule has 3 aliphatic rings. The molecule has 1 aliphatic carbocycles. The number of aromatic nitrogens is 6. The number of nitrogens with one attached hydrogen (secondary N) is 1. The number of anilines is 1. The number of pyridine rings is 1. The van der Waals surface area contributed by atoms with E-state index in [0.29, 0.717) is 11.7 Å². The van der Waals surface area contributed by atoms with Crippen LogP contribution >= 0.6 is 0 Å². The van der Waals surface area contributed by atoms with Gasteiger partial charge in [-0.3, -0.25) is 9.78 Å². The number of aliphatic hydroxyl groups is 1. The number of hydrogen-bond donors (Lipinski definition) is 3. The molecule has 2 atom stereocenters. The summed E-state index contributed by atoms with van der Waals surface area (Å²) in [5, 5.41) is 14.1. The number of aliphatic hydroxyl groups excluding tert-OH is 1. The Kier molecular flexibility index (Phi) is 4.85. The van der Waals surface area contributed by atoms with E-state index < -0.39 is 6.61 Å². The summed E-state index contributed by atoms with van der Waals surface area (Å²) in [4.78, 5) is 31.5. The molecule has 10 nitrogen and oxygen atoms in total. The Hall–Kier alpha value is -3.79. The lowest BCUT2D eigenvalue weighted by Crippen LogP contribution is -2.47. The fourth-order valence-electron chi connectivity index (χ4n) is 6.34. The zero-order chi connectivity index (χ0) is 24.4. The van der Waals surface area contributed by atoms with Crippen molar-refractivity contribution in [3.05, 3.63) is 48.2 Å². The molecule has 2 aliphatic heterocycles. The fourth-order valence-corrected chi connectivity index (χ4v) is 6.34. The molecular weight excluding hydrogens is 456 g/mol. The van der Waals surface area contributed by atoms with Crippen molar-refractivity contribution in [3.8, 4) is 22.6 Å². The van der Waals surface area contributed by atoms with Crippen molar-refractivity contribution in [3.63, 3.8) is 0 Å². The SMILES string of the molecule is Nc1c(C2CC2)c(C2C[C@H]3CC[C@H](C2)N3C(=O)CO)nc2c(-c3ccc(-c4ncc[nH]4)nc3)cnn12. The number of fused-ring (bicyclic) bond motifs is 3. The quantitative estimate of drug-likeness (QED) is 0.396. The largest absolute Gasteiger partial charge is 0.387 e. The molecular formula is C26H28N8O2. The molecule has 3 fully saturated rings. The van der Waals surface area contributed by atoms with E-state index in [1.54, 1.807) is 16.9 Å².